The minimum absolute atomic E-state index is 0.197. The van der Waals surface area contributed by atoms with Gasteiger partial charge in [0.1, 0.15) is 8.64 Å². The molecule has 7 saturated heterocycles. The summed E-state index contributed by atoms with van der Waals surface area (Å²) in [4.78, 5) is 44.9. The summed E-state index contributed by atoms with van der Waals surface area (Å²) in [7, 11) is 27.0. The molecule has 0 radical (unpaired) electrons. The molecule has 7 aliphatic rings. The lowest BCUT2D eigenvalue weighted by Crippen LogP contribution is -2.43. The first kappa shape index (κ1) is 89.2. The molecular formula is C69H86N10O5S23. The number of morpholine rings is 3. The molecule has 10 heterocycles. The van der Waals surface area contributed by atoms with Gasteiger partial charge in [-0.05, 0) is 266 Å². The molecule has 38 heteroatoms. The number of carbonyl (C=O) groups excluding carboxylic acids is 2. The number of amides is 2. The second-order valence-corrected chi connectivity index (χ2v) is 52.7. The van der Waals surface area contributed by atoms with E-state index in [4.69, 9.17) is 49.8 Å². The first-order chi connectivity index (χ1) is 52.7. The van der Waals surface area contributed by atoms with E-state index in [0.717, 1.165) is 195 Å². The van der Waals surface area contributed by atoms with Gasteiger partial charge in [0.25, 0.3) is 0 Å². The highest BCUT2D eigenvalue weighted by Crippen LogP contribution is 2.49. The van der Waals surface area contributed by atoms with Gasteiger partial charge in [-0.25, -0.2) is 27.9 Å². The van der Waals surface area contributed by atoms with Crippen LogP contribution in [0.25, 0.3) is 30.6 Å². The van der Waals surface area contributed by atoms with Crippen molar-refractivity contribution in [3.8, 4) is 0 Å². The van der Waals surface area contributed by atoms with Crippen LogP contribution in [-0.4, -0.2) is 185 Å². The van der Waals surface area contributed by atoms with Crippen molar-refractivity contribution >= 4 is 294 Å². The van der Waals surface area contributed by atoms with Crippen LogP contribution in [0.5, 0.6) is 0 Å². The molecule has 3 aromatic heterocycles. The van der Waals surface area contributed by atoms with Gasteiger partial charge in [-0.2, -0.15) is 0 Å². The van der Waals surface area contributed by atoms with Crippen LogP contribution in [0.1, 0.15) is 89.9 Å². The number of thiazole rings is 3. The number of para-hydroxylation sites is 3. The largest absolute Gasteiger partial charge is 0.379 e. The van der Waals surface area contributed by atoms with E-state index >= 15 is 0 Å². The van der Waals surface area contributed by atoms with Crippen LogP contribution in [0.15, 0.2) is 156 Å². The van der Waals surface area contributed by atoms with Gasteiger partial charge in [0.2, 0.25) is 11.8 Å². The normalized spacial score (nSPS) is 17.7. The molecule has 0 atom stereocenters. The van der Waals surface area contributed by atoms with E-state index < -0.39 is 0 Å². The van der Waals surface area contributed by atoms with Crippen molar-refractivity contribution in [1.82, 2.24) is 46.3 Å². The quantitative estimate of drug-likeness (QED) is 0.0371. The third-order valence-electron chi connectivity index (χ3n) is 16.1. The maximum Gasteiger partial charge on any atom is 0.233 e. The molecule has 5 aromatic carbocycles. The summed E-state index contributed by atoms with van der Waals surface area (Å²) >= 11 is 21.8. The number of nitrogens with zero attached hydrogens (tertiary/aromatic N) is 10. The molecule has 15 rings (SSSR count). The molecule has 107 heavy (non-hydrogen) atoms. The van der Waals surface area contributed by atoms with Crippen molar-refractivity contribution in [2.24, 2.45) is 0 Å². The van der Waals surface area contributed by atoms with E-state index in [1.165, 1.54) is 93.3 Å². The molecule has 7 aliphatic heterocycles. The van der Waals surface area contributed by atoms with E-state index in [-0.39, 0.29) is 21.3 Å². The Balaban J connectivity index is 0.000000138. The number of likely N-dealkylation sites (tertiary alicyclic amines) is 2. The minimum Gasteiger partial charge on any atom is -0.379 e. The summed E-state index contributed by atoms with van der Waals surface area (Å²) < 4.78 is 35.8. The number of fused-ring (bicyclic) bond motifs is 3. The predicted molar refractivity (Wildman–Crippen MR) is 502 cm³/mol. The van der Waals surface area contributed by atoms with Crippen molar-refractivity contribution in [2.45, 2.75) is 113 Å². The van der Waals surface area contributed by atoms with E-state index in [9.17, 15) is 9.59 Å². The predicted octanol–water partition coefficient (Wildman–Crippen LogP) is 21.2. The Morgan fingerprint density at radius 2 is 0.720 bits per heavy atom. The van der Waals surface area contributed by atoms with Crippen molar-refractivity contribution in [2.75, 3.05) is 118 Å². The van der Waals surface area contributed by atoms with Crippen LogP contribution in [0, 0.1) is 0 Å². The molecule has 0 spiro atoms. The summed E-state index contributed by atoms with van der Waals surface area (Å²) in [6.45, 7) is 17.4. The molecule has 580 valence electrons. The number of piperidine rings is 2. The van der Waals surface area contributed by atoms with Crippen LogP contribution < -0.4 is 0 Å². The summed E-state index contributed by atoms with van der Waals surface area (Å²) in [5.41, 5.74) is 3.25. The molecule has 7 fully saturated rings. The highest BCUT2D eigenvalue weighted by atomic mass is 33.7. The topological polar surface area (TPSA) is 123 Å². The highest BCUT2D eigenvalue weighted by molar-refractivity contribution is 9.26. The molecule has 15 nitrogen and oxygen atoms in total. The van der Waals surface area contributed by atoms with Crippen LogP contribution in [0.2, 0.25) is 0 Å². The Morgan fingerprint density at radius 3 is 1.10 bits per heavy atom. The number of benzene rings is 5. The van der Waals surface area contributed by atoms with Crippen LogP contribution in [0.3, 0.4) is 0 Å². The number of carbonyl (C=O) groups is 2. The maximum absolute atomic E-state index is 11.8. The van der Waals surface area contributed by atoms with Gasteiger partial charge in [0.05, 0.1) is 70.3 Å². The van der Waals surface area contributed by atoms with Gasteiger partial charge in [-0.3, -0.25) is 18.2 Å². The SMILES string of the molecule is C1CN(SSN2CCOCC2)CCO1.O=C1CCCCCN1SSN1CCCCCC1=O.S=S=S=S=S=S(C(=S)N1CCCCC1)C(=S)N1CCCCC1.c1ccc(SSSSc2ccccc2)cc1.c1ccc2sc(SSN3CCOCC3)nc2c1.c1ccc2sc(SSc3nc4ccccc4s3)nc2c1. The van der Waals surface area contributed by atoms with Gasteiger partial charge in [0.15, 0.2) is 13.0 Å². The zero-order valence-electron chi connectivity index (χ0n) is 58.7. The number of hydrogen-bond donors (Lipinski definition) is 0. The van der Waals surface area contributed by atoms with Crippen molar-refractivity contribution in [3.63, 3.8) is 0 Å². The maximum atomic E-state index is 11.8. The van der Waals surface area contributed by atoms with Crippen molar-refractivity contribution in [3.05, 3.63) is 133 Å². The van der Waals surface area contributed by atoms with Gasteiger partial charge in [-0.15, -0.1) is 34.0 Å². The zero-order chi connectivity index (χ0) is 74.1. The highest BCUT2D eigenvalue weighted by Gasteiger charge is 2.26. The van der Waals surface area contributed by atoms with Gasteiger partial charge in [-0.1, -0.05) is 110 Å². The Morgan fingerprint density at radius 1 is 0.374 bits per heavy atom. The summed E-state index contributed by atoms with van der Waals surface area (Å²) in [6, 6.07) is 45.6. The lowest BCUT2D eigenvalue weighted by atomic mass is 10.1. The third kappa shape index (κ3) is 33.4. The van der Waals surface area contributed by atoms with Gasteiger partial charge in [0, 0.05) is 145 Å². The zero-order valence-corrected chi connectivity index (χ0v) is 77.5. The second kappa shape index (κ2) is 53.3. The van der Waals surface area contributed by atoms with Gasteiger partial charge < -0.3 is 24.0 Å². The lowest BCUT2D eigenvalue weighted by molar-refractivity contribution is -0.126. The van der Waals surface area contributed by atoms with Crippen molar-refractivity contribution in [1.29, 1.82) is 0 Å². The fourth-order valence-electron chi connectivity index (χ4n) is 10.6. The van der Waals surface area contributed by atoms with E-state index in [0.29, 0.717) is 12.8 Å². The fraction of sp³-hybridized carbons (Fsp3) is 0.464. The minimum atomic E-state index is -0.197. The van der Waals surface area contributed by atoms with Crippen LogP contribution in [-0.2, 0) is 80.0 Å². The van der Waals surface area contributed by atoms with Crippen LogP contribution >= 0.6 is 187 Å². The van der Waals surface area contributed by atoms with Gasteiger partial charge >= 0.3 is 0 Å². The second-order valence-electron chi connectivity index (χ2n) is 23.8. The molecule has 8 aromatic rings. The number of aromatic nitrogens is 3. The molecule has 0 N–H and O–H groups in total. The molecule has 0 bridgehead atoms. The number of ether oxygens (including phenoxy) is 3. The fourth-order valence-corrected chi connectivity index (χ4v) is 41.8. The standard InChI is InChI=1S/C14H8N2S4.C12H20N2O2S2.C12H20N2S8.C12H10S4.C11H12N2OS3.C8H16N2O2S2/c1-3-7-11-9(5-1)15-13(17-11)19-20-14-16-10-6-2-4-8-12(10)18-14;15-11-7-3-1-5-9-13(11)17-18-14-10-6-2-4-8-12(14)16;15-11(13-7-3-1-4-8-13)22(21-20-19-18-17)12(16)14-9-5-2-6-10-14;1-3-7-11(8-4-1)13-15-16-14-12-9-5-2-6-10-12;1-2-4-10-9(3-1)12-11(15-10)16-17-13-5-7-14-8-6-13;1-5-11-6-2-9(1)13-14-10-3-7-12-8-4-10/h1-8H;1-10H2;1-10H2;1-10H;1-4H,5-8H2;1-8H2. The summed E-state index contributed by atoms with van der Waals surface area (Å²) in [5.74, 6) is 0.430. The average Bonchev–Trinajstić information content (AvgIpc) is 1.77. The van der Waals surface area contributed by atoms with Crippen LogP contribution in [0.4, 0.5) is 0 Å². The first-order valence-electron chi connectivity index (χ1n) is 35.2. The van der Waals surface area contributed by atoms with E-state index in [2.05, 4.69) is 141 Å². The number of rotatable bonds is 17. The Hall–Kier alpha value is -0.1000. The average molecular weight is 1870 g/mol. The molecule has 0 saturated carbocycles. The number of thiocarbonyl (C=S) groups is 2. The Labute approximate surface area is 719 Å². The molecule has 2 amide bonds. The Kier molecular flexibility index (Phi) is 44.4. The Bertz CT molecular complexity index is 3860. The molecule has 0 unspecified atom stereocenters. The summed E-state index contributed by atoms with van der Waals surface area (Å²) in [5, 5.41) is 0. The van der Waals surface area contributed by atoms with E-state index in [1.54, 1.807) is 145 Å². The summed E-state index contributed by atoms with van der Waals surface area (Å²) in [6.07, 6.45) is 15.4. The molecular weight excluding hydrogens is 1790 g/mol. The monoisotopic (exact) mass is 1870 g/mol. The third-order valence-corrected chi connectivity index (χ3v) is 48.9. The number of hydrogen-bond acceptors (Lipinski definition) is 29. The first-order valence-corrected chi connectivity index (χ1v) is 59.1. The lowest BCUT2D eigenvalue weighted by Gasteiger charge is -2.33. The molecule has 0 aliphatic carbocycles. The van der Waals surface area contributed by atoms with Crippen molar-refractivity contribution < 1.29 is 23.8 Å². The smallest absolute Gasteiger partial charge is 0.233 e. The van der Waals surface area contributed by atoms with E-state index in [1.807, 2.05) is 60.9 Å².